The Morgan fingerprint density at radius 3 is 2.33 bits per heavy atom. The zero-order valence-corrected chi connectivity index (χ0v) is 6.10. The topological polar surface area (TPSA) is 36.2 Å². The molecule has 0 atom stereocenters. The minimum absolute atomic E-state index is 0.910. The van der Waals surface area contributed by atoms with Gasteiger partial charge in [-0.15, -0.1) is 0 Å². The molecular weight excluding hydrogens is 112 g/mol. The summed E-state index contributed by atoms with van der Waals surface area (Å²) in [6, 6.07) is 0. The van der Waals surface area contributed by atoms with Crippen LogP contribution in [0.4, 0.5) is 0 Å². The fraction of sp³-hybridized carbons (Fsp3) is 0.429. The quantitative estimate of drug-likeness (QED) is 0.432. The summed E-state index contributed by atoms with van der Waals surface area (Å²) in [5, 5.41) is 6.66. The molecule has 0 amide bonds. The molecule has 0 fully saturated rings. The summed E-state index contributed by atoms with van der Waals surface area (Å²) < 4.78 is 0. The zero-order valence-electron chi connectivity index (χ0n) is 6.10. The first-order chi connectivity index (χ1) is 4.22. The van der Waals surface area contributed by atoms with E-state index >= 15 is 0 Å². The Hall–Kier alpha value is -0.920. The van der Waals surface area contributed by atoms with Gasteiger partial charge >= 0.3 is 0 Å². The van der Waals surface area contributed by atoms with Gasteiger partial charge in [-0.1, -0.05) is 6.08 Å². The van der Waals surface area contributed by atoms with E-state index in [4.69, 9.17) is 5.41 Å². The number of hydrogen-bond donors (Lipinski definition) is 1. The minimum Gasteiger partial charge on any atom is -0.290 e. The number of allylic oxidation sites excluding steroid dienone is 2. The van der Waals surface area contributed by atoms with Gasteiger partial charge < -0.3 is 0 Å². The van der Waals surface area contributed by atoms with Crippen molar-refractivity contribution in [1.82, 2.24) is 0 Å². The summed E-state index contributed by atoms with van der Waals surface area (Å²) in [4.78, 5) is 3.79. The molecule has 2 nitrogen and oxygen atoms in total. The van der Waals surface area contributed by atoms with Crippen LogP contribution in [0.1, 0.15) is 20.8 Å². The highest BCUT2D eigenvalue weighted by Gasteiger charge is 1.88. The molecule has 50 valence electrons. The van der Waals surface area contributed by atoms with Crippen LogP contribution in [-0.2, 0) is 0 Å². The number of aliphatic imine (C=N–C) groups is 1. The minimum atomic E-state index is 0.910. The highest BCUT2D eigenvalue weighted by atomic mass is 14.8. The van der Waals surface area contributed by atoms with E-state index in [1.165, 1.54) is 0 Å². The van der Waals surface area contributed by atoms with Crippen molar-refractivity contribution < 1.29 is 0 Å². The third kappa shape index (κ3) is 2.80. The van der Waals surface area contributed by atoms with Crippen LogP contribution >= 0.6 is 0 Å². The first-order valence-corrected chi connectivity index (χ1v) is 2.89. The molecule has 0 unspecified atom stereocenters. The summed E-state index contributed by atoms with van der Waals surface area (Å²) in [5.41, 5.74) is 2.03. The third-order valence-corrected chi connectivity index (χ3v) is 1.26. The highest BCUT2D eigenvalue weighted by molar-refractivity contribution is 6.01. The average molecular weight is 124 g/mol. The van der Waals surface area contributed by atoms with Gasteiger partial charge in [0.2, 0.25) is 0 Å². The second-order valence-corrected chi connectivity index (χ2v) is 1.82. The molecule has 0 rings (SSSR count). The lowest BCUT2D eigenvalue weighted by molar-refractivity contribution is 1.45. The van der Waals surface area contributed by atoms with Crippen LogP contribution in [0.2, 0.25) is 0 Å². The smallest absolute Gasteiger partial charge is 0.107 e. The molecule has 0 radical (unpaired) electrons. The van der Waals surface area contributed by atoms with Gasteiger partial charge in [-0.05, 0) is 26.3 Å². The van der Waals surface area contributed by atoms with Gasteiger partial charge in [-0.2, -0.15) is 0 Å². The van der Waals surface area contributed by atoms with Crippen molar-refractivity contribution in [1.29, 1.82) is 5.41 Å². The molecule has 0 spiro atoms. The molecule has 0 aromatic carbocycles. The van der Waals surface area contributed by atoms with E-state index in [1.807, 2.05) is 26.8 Å². The fourth-order valence-electron chi connectivity index (χ4n) is 0.408. The molecule has 0 aliphatic heterocycles. The van der Waals surface area contributed by atoms with Crippen LogP contribution in [0.15, 0.2) is 16.6 Å². The third-order valence-electron chi connectivity index (χ3n) is 1.26. The average Bonchev–Trinajstić information content (AvgIpc) is 1.87. The van der Waals surface area contributed by atoms with E-state index in [0.29, 0.717) is 0 Å². The molecular formula is C7H12N2. The van der Waals surface area contributed by atoms with Crippen LogP contribution in [0.3, 0.4) is 0 Å². The number of nitrogens with zero attached hydrogens (tertiary/aromatic N) is 1. The molecule has 0 aliphatic rings. The van der Waals surface area contributed by atoms with E-state index in [1.54, 1.807) is 0 Å². The standard InChI is InChI=1S/C7H12N2/c1-4-6(2)7(3)9-5-8/h4-5,8H,1-3H3/b6-4-,8-5?,9-7-. The van der Waals surface area contributed by atoms with Crippen molar-refractivity contribution in [2.24, 2.45) is 4.99 Å². The van der Waals surface area contributed by atoms with Crippen LogP contribution in [0.5, 0.6) is 0 Å². The monoisotopic (exact) mass is 124 g/mol. The van der Waals surface area contributed by atoms with Crippen LogP contribution in [0.25, 0.3) is 0 Å². The molecule has 0 bridgehead atoms. The normalized spacial score (nSPS) is 13.7. The lowest BCUT2D eigenvalue weighted by Gasteiger charge is -1.93. The molecule has 0 aliphatic carbocycles. The second kappa shape index (κ2) is 4.01. The summed E-state index contributed by atoms with van der Waals surface area (Å²) in [6.07, 6.45) is 3.03. The Morgan fingerprint density at radius 1 is 1.44 bits per heavy atom. The largest absolute Gasteiger partial charge is 0.290 e. The Kier molecular flexibility index (Phi) is 3.60. The van der Waals surface area contributed by atoms with E-state index in [-0.39, 0.29) is 0 Å². The number of rotatable bonds is 2. The van der Waals surface area contributed by atoms with Crippen LogP contribution < -0.4 is 0 Å². The van der Waals surface area contributed by atoms with Gasteiger partial charge in [-0.3, -0.25) is 5.41 Å². The molecule has 0 heterocycles. The van der Waals surface area contributed by atoms with Crippen molar-refractivity contribution in [2.45, 2.75) is 20.8 Å². The molecule has 1 N–H and O–H groups in total. The Bertz CT molecular complexity index is 154. The predicted molar refractivity (Wildman–Crippen MR) is 41.3 cm³/mol. The lowest BCUT2D eigenvalue weighted by Crippen LogP contribution is -1.91. The first-order valence-electron chi connectivity index (χ1n) is 2.89. The summed E-state index contributed by atoms with van der Waals surface area (Å²) >= 11 is 0. The lowest BCUT2D eigenvalue weighted by atomic mass is 10.2. The van der Waals surface area contributed by atoms with Gasteiger partial charge in [0.15, 0.2) is 0 Å². The van der Waals surface area contributed by atoms with Crippen molar-refractivity contribution in [3.63, 3.8) is 0 Å². The molecule has 0 saturated heterocycles. The van der Waals surface area contributed by atoms with E-state index in [2.05, 4.69) is 4.99 Å². The molecule has 0 aromatic rings. The predicted octanol–water partition coefficient (Wildman–Crippen LogP) is 2.02. The van der Waals surface area contributed by atoms with Crippen LogP contribution in [0, 0.1) is 5.41 Å². The number of nitrogens with one attached hydrogen (secondary N) is 1. The van der Waals surface area contributed by atoms with Gasteiger partial charge in [-0.25, -0.2) is 4.99 Å². The molecule has 2 heteroatoms. The SMILES string of the molecule is C/C=C(C)\C(C)=N/C=N. The maximum Gasteiger partial charge on any atom is 0.107 e. The fourth-order valence-corrected chi connectivity index (χ4v) is 0.408. The molecule has 9 heavy (non-hydrogen) atoms. The second-order valence-electron chi connectivity index (χ2n) is 1.82. The Balaban J connectivity index is 4.19. The van der Waals surface area contributed by atoms with E-state index in [0.717, 1.165) is 17.6 Å². The van der Waals surface area contributed by atoms with E-state index in [9.17, 15) is 0 Å². The number of hydrogen-bond acceptors (Lipinski definition) is 1. The Morgan fingerprint density at radius 2 is 2.00 bits per heavy atom. The first kappa shape index (κ1) is 8.08. The van der Waals surface area contributed by atoms with Gasteiger partial charge in [0.1, 0.15) is 6.34 Å². The summed E-state index contributed by atoms with van der Waals surface area (Å²) in [5.74, 6) is 0. The Labute approximate surface area is 55.8 Å². The summed E-state index contributed by atoms with van der Waals surface area (Å²) in [6.45, 7) is 5.82. The van der Waals surface area contributed by atoms with Crippen molar-refractivity contribution in [2.75, 3.05) is 0 Å². The van der Waals surface area contributed by atoms with Crippen LogP contribution in [-0.4, -0.2) is 12.1 Å². The summed E-state index contributed by atoms with van der Waals surface area (Å²) in [7, 11) is 0. The highest BCUT2D eigenvalue weighted by Crippen LogP contribution is 1.93. The van der Waals surface area contributed by atoms with Crippen molar-refractivity contribution in [3.8, 4) is 0 Å². The van der Waals surface area contributed by atoms with Gasteiger partial charge in [0.05, 0.1) is 0 Å². The maximum absolute atomic E-state index is 6.66. The molecule has 0 aromatic heterocycles. The zero-order chi connectivity index (χ0) is 7.28. The van der Waals surface area contributed by atoms with E-state index < -0.39 is 0 Å². The molecule has 0 saturated carbocycles. The maximum atomic E-state index is 6.66. The van der Waals surface area contributed by atoms with Crippen molar-refractivity contribution >= 4 is 12.1 Å². The van der Waals surface area contributed by atoms with Crippen molar-refractivity contribution in [3.05, 3.63) is 11.6 Å². The van der Waals surface area contributed by atoms with Gasteiger partial charge in [0, 0.05) is 5.71 Å². The van der Waals surface area contributed by atoms with Gasteiger partial charge in [0.25, 0.3) is 0 Å².